The van der Waals surface area contributed by atoms with Gasteiger partial charge in [0.15, 0.2) is 6.61 Å². The molecule has 1 amide bonds. The van der Waals surface area contributed by atoms with Crippen LogP contribution in [0.1, 0.15) is 22.8 Å². The lowest BCUT2D eigenvalue weighted by Gasteiger charge is -2.12. The number of amides is 1. The molecule has 0 spiro atoms. The molecule has 2 aromatic carbocycles. The summed E-state index contributed by atoms with van der Waals surface area (Å²) in [6, 6.07) is 11.1. The van der Waals surface area contributed by atoms with E-state index in [0.717, 1.165) is 5.56 Å². The van der Waals surface area contributed by atoms with Crippen molar-refractivity contribution in [1.29, 1.82) is 0 Å². The van der Waals surface area contributed by atoms with Crippen LogP contribution in [0.5, 0.6) is 11.5 Å². The number of carbonyl (C=O) groups excluding carboxylic acids is 2. The number of benzene rings is 2. The molecule has 2 rings (SSSR count). The van der Waals surface area contributed by atoms with Crippen molar-refractivity contribution in [3.8, 4) is 11.5 Å². The highest BCUT2D eigenvalue weighted by Gasteiger charge is 2.15. The standard InChI is InChI=1S/C18H17NO6/c1-11-5-3-4-6-16(11)24-10-17(21)19-15-8-7-13(25-12(2)20)9-14(15)18(22)23/h3-9H,10H2,1-2H3,(H,19,21)(H,22,23). The van der Waals surface area contributed by atoms with E-state index in [-0.39, 0.29) is 23.6 Å². The summed E-state index contributed by atoms with van der Waals surface area (Å²) in [6.07, 6.45) is 0. The van der Waals surface area contributed by atoms with Crippen LogP contribution in [0.25, 0.3) is 0 Å². The van der Waals surface area contributed by atoms with Gasteiger partial charge in [0.25, 0.3) is 5.91 Å². The van der Waals surface area contributed by atoms with Crippen LogP contribution in [0.3, 0.4) is 0 Å². The molecule has 0 bridgehead atoms. The number of aromatic carboxylic acids is 1. The lowest BCUT2D eigenvalue weighted by molar-refractivity contribution is -0.131. The van der Waals surface area contributed by atoms with Crippen LogP contribution in [-0.2, 0) is 9.59 Å². The second-order valence-electron chi connectivity index (χ2n) is 5.21. The van der Waals surface area contributed by atoms with Gasteiger partial charge in [0, 0.05) is 6.92 Å². The van der Waals surface area contributed by atoms with E-state index in [2.05, 4.69) is 5.32 Å². The monoisotopic (exact) mass is 343 g/mol. The van der Waals surface area contributed by atoms with Crippen molar-refractivity contribution in [2.75, 3.05) is 11.9 Å². The number of hydrogen-bond acceptors (Lipinski definition) is 5. The maximum absolute atomic E-state index is 12.0. The molecule has 130 valence electrons. The van der Waals surface area contributed by atoms with Crippen molar-refractivity contribution in [2.45, 2.75) is 13.8 Å². The highest BCUT2D eigenvalue weighted by molar-refractivity contribution is 6.01. The lowest BCUT2D eigenvalue weighted by Crippen LogP contribution is -2.21. The first-order valence-electron chi connectivity index (χ1n) is 7.41. The van der Waals surface area contributed by atoms with E-state index in [0.29, 0.717) is 5.75 Å². The molecule has 0 radical (unpaired) electrons. The van der Waals surface area contributed by atoms with Crippen LogP contribution >= 0.6 is 0 Å². The van der Waals surface area contributed by atoms with Crippen LogP contribution in [0, 0.1) is 6.92 Å². The van der Waals surface area contributed by atoms with E-state index in [4.69, 9.17) is 9.47 Å². The topological polar surface area (TPSA) is 102 Å². The molecule has 25 heavy (non-hydrogen) atoms. The van der Waals surface area contributed by atoms with Gasteiger partial charge in [0.05, 0.1) is 11.3 Å². The van der Waals surface area contributed by atoms with Crippen molar-refractivity contribution in [3.05, 3.63) is 53.6 Å². The largest absolute Gasteiger partial charge is 0.483 e. The van der Waals surface area contributed by atoms with E-state index in [1.165, 1.54) is 25.1 Å². The molecule has 7 heteroatoms. The minimum atomic E-state index is -1.26. The number of para-hydroxylation sites is 1. The molecule has 0 unspecified atom stereocenters. The number of aryl methyl sites for hydroxylation is 1. The van der Waals surface area contributed by atoms with Gasteiger partial charge in [-0.05, 0) is 36.8 Å². The Hall–Kier alpha value is -3.35. The fourth-order valence-corrected chi connectivity index (χ4v) is 2.09. The van der Waals surface area contributed by atoms with Gasteiger partial charge in [-0.15, -0.1) is 0 Å². The van der Waals surface area contributed by atoms with Gasteiger partial charge in [0.1, 0.15) is 11.5 Å². The maximum Gasteiger partial charge on any atom is 0.337 e. The first-order chi connectivity index (χ1) is 11.9. The molecule has 0 saturated heterocycles. The summed E-state index contributed by atoms with van der Waals surface area (Å²) in [5.41, 5.74) is 0.775. The molecule has 0 fully saturated rings. The van der Waals surface area contributed by atoms with Gasteiger partial charge in [0.2, 0.25) is 0 Å². The van der Waals surface area contributed by atoms with Gasteiger partial charge in [-0.2, -0.15) is 0 Å². The number of carboxylic acids is 1. The minimum absolute atomic E-state index is 0.0825. The zero-order valence-corrected chi connectivity index (χ0v) is 13.7. The Kier molecular flexibility index (Phi) is 5.73. The Balaban J connectivity index is 2.08. The number of rotatable bonds is 6. The maximum atomic E-state index is 12.0. The Morgan fingerprint density at radius 3 is 2.48 bits per heavy atom. The molecule has 0 aromatic heterocycles. The molecule has 2 N–H and O–H groups in total. The molecule has 0 aliphatic carbocycles. The third-order valence-electron chi connectivity index (χ3n) is 3.21. The van der Waals surface area contributed by atoms with E-state index in [1.807, 2.05) is 19.1 Å². The van der Waals surface area contributed by atoms with Gasteiger partial charge in [-0.3, -0.25) is 9.59 Å². The summed E-state index contributed by atoms with van der Waals surface area (Å²) in [5.74, 6) is -1.68. The minimum Gasteiger partial charge on any atom is -0.483 e. The highest BCUT2D eigenvalue weighted by atomic mass is 16.5. The molecule has 0 atom stereocenters. The van der Waals surface area contributed by atoms with Crippen LogP contribution in [0.4, 0.5) is 5.69 Å². The number of anilines is 1. The molecular weight excluding hydrogens is 326 g/mol. The number of nitrogens with one attached hydrogen (secondary N) is 1. The van der Waals surface area contributed by atoms with E-state index >= 15 is 0 Å². The number of esters is 1. The van der Waals surface area contributed by atoms with Crippen molar-refractivity contribution in [2.24, 2.45) is 0 Å². The zero-order valence-electron chi connectivity index (χ0n) is 13.7. The molecule has 0 saturated carbocycles. The summed E-state index contributed by atoms with van der Waals surface area (Å²) in [6.45, 7) is 2.79. The van der Waals surface area contributed by atoms with Crippen molar-refractivity contribution < 1.29 is 29.0 Å². The summed E-state index contributed by atoms with van der Waals surface area (Å²) in [5, 5.41) is 11.7. The summed E-state index contributed by atoms with van der Waals surface area (Å²) >= 11 is 0. The highest BCUT2D eigenvalue weighted by Crippen LogP contribution is 2.23. The average Bonchev–Trinajstić information content (AvgIpc) is 2.55. The van der Waals surface area contributed by atoms with Gasteiger partial charge < -0.3 is 19.9 Å². The van der Waals surface area contributed by atoms with Gasteiger partial charge in [-0.1, -0.05) is 18.2 Å². The molecule has 7 nitrogen and oxygen atoms in total. The molecule has 0 aliphatic heterocycles. The predicted octanol–water partition coefficient (Wildman–Crippen LogP) is 2.64. The quantitative estimate of drug-likeness (QED) is 0.617. The molecular formula is C18H17NO6. The molecule has 2 aromatic rings. The molecule has 0 aliphatic rings. The first kappa shape index (κ1) is 18.0. The fourth-order valence-electron chi connectivity index (χ4n) is 2.09. The Morgan fingerprint density at radius 2 is 1.84 bits per heavy atom. The van der Waals surface area contributed by atoms with Crippen molar-refractivity contribution in [1.82, 2.24) is 0 Å². The van der Waals surface area contributed by atoms with Crippen LogP contribution < -0.4 is 14.8 Å². The summed E-state index contributed by atoms with van der Waals surface area (Å²) in [4.78, 5) is 34.3. The Labute approximate surface area is 144 Å². The predicted molar refractivity (Wildman–Crippen MR) is 90.0 cm³/mol. The van der Waals surface area contributed by atoms with Crippen molar-refractivity contribution in [3.63, 3.8) is 0 Å². The van der Waals surface area contributed by atoms with Crippen LogP contribution in [-0.4, -0.2) is 29.6 Å². The number of ether oxygens (including phenoxy) is 2. The van der Waals surface area contributed by atoms with E-state index in [1.54, 1.807) is 12.1 Å². The molecule has 0 heterocycles. The van der Waals surface area contributed by atoms with E-state index in [9.17, 15) is 19.5 Å². The Morgan fingerprint density at radius 1 is 1.12 bits per heavy atom. The normalized spacial score (nSPS) is 10.0. The smallest absolute Gasteiger partial charge is 0.337 e. The lowest BCUT2D eigenvalue weighted by atomic mass is 10.1. The second-order valence-corrected chi connectivity index (χ2v) is 5.21. The third-order valence-corrected chi connectivity index (χ3v) is 3.21. The number of carboxylic acid groups (broad SMARTS) is 1. The first-order valence-corrected chi connectivity index (χ1v) is 7.41. The summed E-state index contributed by atoms with van der Waals surface area (Å²) in [7, 11) is 0. The second kappa shape index (κ2) is 7.96. The number of carbonyl (C=O) groups is 3. The van der Waals surface area contributed by atoms with Crippen molar-refractivity contribution >= 4 is 23.5 Å². The van der Waals surface area contributed by atoms with E-state index < -0.39 is 17.8 Å². The number of hydrogen-bond donors (Lipinski definition) is 2. The van der Waals surface area contributed by atoms with Gasteiger partial charge >= 0.3 is 11.9 Å². The SMILES string of the molecule is CC(=O)Oc1ccc(NC(=O)COc2ccccc2C)c(C(=O)O)c1. The van der Waals surface area contributed by atoms with Crippen LogP contribution in [0.15, 0.2) is 42.5 Å². The average molecular weight is 343 g/mol. The van der Waals surface area contributed by atoms with Gasteiger partial charge in [-0.25, -0.2) is 4.79 Å². The van der Waals surface area contributed by atoms with Crippen LogP contribution in [0.2, 0.25) is 0 Å². The third kappa shape index (κ3) is 5.07. The Bertz CT molecular complexity index is 815. The fraction of sp³-hybridized carbons (Fsp3) is 0.167. The summed E-state index contributed by atoms with van der Waals surface area (Å²) < 4.78 is 10.3. The zero-order chi connectivity index (χ0) is 18.4.